The number of nitrogens with zero attached hydrogens (tertiary/aromatic N) is 4. The Morgan fingerprint density at radius 2 is 1.83 bits per heavy atom. The SMILES string of the molecule is Cn1ccc(-c2cnc(C3CCN(C(=O)OC4C5CC6C[C@@H]4C[C@@](C(N)=O)(C6)C5)C3)nc2)cc1=O. The van der Waals surface area contributed by atoms with Crippen LogP contribution < -0.4 is 11.3 Å². The molecule has 3 heterocycles. The van der Waals surface area contributed by atoms with E-state index in [9.17, 15) is 14.4 Å². The van der Waals surface area contributed by atoms with Gasteiger partial charge in [-0.2, -0.15) is 0 Å². The molecular weight excluding hydrogens is 446 g/mol. The largest absolute Gasteiger partial charge is 0.446 e. The van der Waals surface area contributed by atoms with Crippen molar-refractivity contribution in [2.24, 2.45) is 36.0 Å². The predicted octanol–water partition coefficient (Wildman–Crippen LogP) is 2.45. The molecule has 4 bridgehead atoms. The molecular formula is C26H31N5O4. The van der Waals surface area contributed by atoms with Crippen molar-refractivity contribution < 1.29 is 14.3 Å². The Kier molecular flexibility index (Phi) is 5.19. The van der Waals surface area contributed by atoms with Crippen LogP contribution in [-0.4, -0.2) is 50.6 Å². The van der Waals surface area contributed by atoms with Gasteiger partial charge in [0, 0.05) is 56.3 Å². The second-order valence-corrected chi connectivity index (χ2v) is 11.1. The van der Waals surface area contributed by atoms with Crippen LogP contribution in [0.2, 0.25) is 0 Å². The molecule has 0 radical (unpaired) electrons. The maximum Gasteiger partial charge on any atom is 0.410 e. The van der Waals surface area contributed by atoms with Gasteiger partial charge in [-0.15, -0.1) is 0 Å². The first-order valence-corrected chi connectivity index (χ1v) is 12.6. The summed E-state index contributed by atoms with van der Waals surface area (Å²) >= 11 is 0. The van der Waals surface area contributed by atoms with E-state index in [4.69, 9.17) is 10.5 Å². The third-order valence-electron chi connectivity index (χ3n) is 8.87. The molecule has 7 rings (SSSR count). The minimum atomic E-state index is -0.381. The molecule has 4 aliphatic carbocycles. The lowest BCUT2D eigenvalue weighted by Crippen LogP contribution is -2.59. The summed E-state index contributed by atoms with van der Waals surface area (Å²) in [5, 5.41) is 0. The average molecular weight is 478 g/mol. The van der Waals surface area contributed by atoms with Gasteiger partial charge in [-0.1, -0.05) is 0 Å². The number of rotatable bonds is 4. The number of hydrogen-bond donors (Lipinski definition) is 1. The van der Waals surface area contributed by atoms with Gasteiger partial charge in [-0.25, -0.2) is 14.8 Å². The number of primary amides is 1. The van der Waals surface area contributed by atoms with Crippen LogP contribution in [0.15, 0.2) is 35.5 Å². The van der Waals surface area contributed by atoms with Crippen molar-refractivity contribution in [3.05, 3.63) is 46.9 Å². The zero-order valence-electron chi connectivity index (χ0n) is 19.9. The molecule has 6 atom stereocenters. The number of ether oxygens (including phenoxy) is 1. The van der Waals surface area contributed by atoms with Gasteiger partial charge in [-0.3, -0.25) is 9.59 Å². The van der Waals surface area contributed by atoms with Crippen molar-refractivity contribution in [3.8, 4) is 11.1 Å². The summed E-state index contributed by atoms with van der Waals surface area (Å²) in [6.45, 7) is 1.14. The molecule has 2 amide bonds. The molecule has 5 aliphatic rings. The van der Waals surface area contributed by atoms with Gasteiger partial charge in [0.25, 0.3) is 5.56 Å². The van der Waals surface area contributed by atoms with Crippen molar-refractivity contribution in [3.63, 3.8) is 0 Å². The van der Waals surface area contributed by atoms with Crippen molar-refractivity contribution >= 4 is 12.0 Å². The standard InChI is InChI=1S/C26H31N5O4/c1-30-4-2-16(8-21(30)32)20-12-28-23(29-13-20)17-3-5-31(14-17)25(34)35-22-18-6-15-7-19(22)11-26(9-15,10-18)24(27)33/h2,4,8,12-13,15,17-19,22H,3,5-7,9-11,14H2,1H3,(H2,27,33)/t15?,17?,18-,19?,22?,26+/m1/s1. The molecule has 9 nitrogen and oxygen atoms in total. The quantitative estimate of drug-likeness (QED) is 0.722. The number of amides is 2. The average Bonchev–Trinajstić information content (AvgIpc) is 3.33. The van der Waals surface area contributed by atoms with Crippen LogP contribution >= 0.6 is 0 Å². The van der Waals surface area contributed by atoms with Crippen LogP contribution in [0, 0.1) is 23.2 Å². The van der Waals surface area contributed by atoms with Crippen molar-refractivity contribution in [1.29, 1.82) is 0 Å². The van der Waals surface area contributed by atoms with E-state index in [0.29, 0.717) is 24.8 Å². The summed E-state index contributed by atoms with van der Waals surface area (Å²) in [6.07, 6.45) is 10.1. The predicted molar refractivity (Wildman–Crippen MR) is 127 cm³/mol. The van der Waals surface area contributed by atoms with E-state index in [0.717, 1.165) is 49.7 Å². The second-order valence-electron chi connectivity index (χ2n) is 11.1. The Balaban J connectivity index is 1.09. The number of likely N-dealkylation sites (tertiary alicyclic amines) is 1. The topological polar surface area (TPSA) is 120 Å². The Hall–Kier alpha value is -3.23. The van der Waals surface area contributed by atoms with E-state index in [-0.39, 0.29) is 46.8 Å². The minimum Gasteiger partial charge on any atom is -0.446 e. The first-order chi connectivity index (χ1) is 16.8. The van der Waals surface area contributed by atoms with Gasteiger partial charge in [0.1, 0.15) is 11.9 Å². The minimum absolute atomic E-state index is 0.0527. The first kappa shape index (κ1) is 22.2. The fraction of sp³-hybridized carbons (Fsp3) is 0.577. The van der Waals surface area contributed by atoms with E-state index in [1.165, 1.54) is 4.57 Å². The molecule has 35 heavy (non-hydrogen) atoms. The number of carbonyl (C=O) groups is 2. The molecule has 1 saturated heterocycles. The lowest BCUT2D eigenvalue weighted by molar-refractivity contribution is -0.161. The summed E-state index contributed by atoms with van der Waals surface area (Å²) in [4.78, 5) is 48.0. The number of pyridine rings is 1. The maximum atomic E-state index is 13.1. The summed E-state index contributed by atoms with van der Waals surface area (Å²) < 4.78 is 7.60. The molecule has 2 aromatic heterocycles. The molecule has 4 saturated carbocycles. The highest BCUT2D eigenvalue weighted by molar-refractivity contribution is 5.81. The van der Waals surface area contributed by atoms with E-state index >= 15 is 0 Å². The summed E-state index contributed by atoms with van der Waals surface area (Å²) in [6, 6.07) is 3.43. The van der Waals surface area contributed by atoms with Gasteiger partial charge in [-0.05, 0) is 67.9 Å². The molecule has 2 N–H and O–H groups in total. The highest BCUT2D eigenvalue weighted by Crippen LogP contribution is 2.60. The molecule has 4 unspecified atom stereocenters. The van der Waals surface area contributed by atoms with E-state index in [2.05, 4.69) is 9.97 Å². The van der Waals surface area contributed by atoms with Gasteiger partial charge in [0.2, 0.25) is 5.91 Å². The molecule has 0 spiro atoms. The van der Waals surface area contributed by atoms with E-state index < -0.39 is 0 Å². The van der Waals surface area contributed by atoms with E-state index in [1.54, 1.807) is 36.6 Å². The van der Waals surface area contributed by atoms with Gasteiger partial charge in [0.15, 0.2) is 0 Å². The van der Waals surface area contributed by atoms with E-state index in [1.807, 2.05) is 6.07 Å². The lowest BCUT2D eigenvalue weighted by Gasteiger charge is -2.58. The highest BCUT2D eigenvalue weighted by Gasteiger charge is 2.59. The highest BCUT2D eigenvalue weighted by atomic mass is 16.6. The number of carbonyl (C=O) groups excluding carboxylic acids is 2. The number of aryl methyl sites for hydroxylation is 1. The number of aromatic nitrogens is 3. The molecule has 1 aliphatic heterocycles. The third kappa shape index (κ3) is 3.81. The first-order valence-electron chi connectivity index (χ1n) is 12.6. The lowest BCUT2D eigenvalue weighted by atomic mass is 9.48. The van der Waals surface area contributed by atoms with Crippen molar-refractivity contribution in [2.75, 3.05) is 13.1 Å². The second kappa shape index (κ2) is 8.17. The monoisotopic (exact) mass is 477 g/mol. The Bertz CT molecular complexity index is 1210. The Morgan fingerprint density at radius 3 is 2.49 bits per heavy atom. The third-order valence-corrected chi connectivity index (χ3v) is 8.87. The van der Waals surface area contributed by atoms with Crippen LogP contribution in [0.25, 0.3) is 11.1 Å². The van der Waals surface area contributed by atoms with Crippen LogP contribution in [0.3, 0.4) is 0 Å². The number of nitrogens with two attached hydrogens (primary N) is 1. The Morgan fingerprint density at radius 1 is 1.11 bits per heavy atom. The Labute approximate surface area is 203 Å². The molecule has 2 aromatic rings. The number of hydrogen-bond acceptors (Lipinski definition) is 6. The normalized spacial score (nSPS) is 33.2. The van der Waals surface area contributed by atoms with Crippen LogP contribution in [0.5, 0.6) is 0 Å². The summed E-state index contributed by atoms with van der Waals surface area (Å²) in [5.41, 5.74) is 6.89. The summed E-state index contributed by atoms with van der Waals surface area (Å²) in [7, 11) is 1.71. The molecule has 5 fully saturated rings. The fourth-order valence-electron chi connectivity index (χ4n) is 7.23. The molecule has 9 heteroatoms. The zero-order chi connectivity index (χ0) is 24.3. The maximum absolute atomic E-state index is 13.1. The van der Waals surface area contributed by atoms with Crippen LogP contribution in [0.1, 0.15) is 50.3 Å². The fourth-order valence-corrected chi connectivity index (χ4v) is 7.23. The summed E-state index contributed by atoms with van der Waals surface area (Å²) in [5.74, 6) is 1.58. The van der Waals surface area contributed by atoms with Gasteiger partial charge in [0.05, 0.1) is 5.41 Å². The zero-order valence-corrected chi connectivity index (χ0v) is 19.9. The molecule has 0 aromatic carbocycles. The van der Waals surface area contributed by atoms with Crippen molar-refractivity contribution in [1.82, 2.24) is 19.4 Å². The smallest absolute Gasteiger partial charge is 0.410 e. The van der Waals surface area contributed by atoms with Gasteiger partial charge >= 0.3 is 6.09 Å². The van der Waals surface area contributed by atoms with Crippen LogP contribution in [-0.2, 0) is 16.6 Å². The van der Waals surface area contributed by atoms with Crippen LogP contribution in [0.4, 0.5) is 4.79 Å². The van der Waals surface area contributed by atoms with Crippen molar-refractivity contribution in [2.45, 2.75) is 50.5 Å². The molecule has 184 valence electrons. The van der Waals surface area contributed by atoms with Gasteiger partial charge < -0.3 is 19.9 Å².